The van der Waals surface area contributed by atoms with E-state index in [4.69, 9.17) is 0 Å². The zero-order valence-electron chi connectivity index (χ0n) is 7.34. The van der Waals surface area contributed by atoms with Crippen LogP contribution in [0.3, 0.4) is 0 Å². The fourth-order valence-electron chi connectivity index (χ4n) is 2.58. The number of rotatable bonds is 0. The molecule has 0 spiro atoms. The molecule has 2 aliphatic rings. The lowest BCUT2D eigenvalue weighted by atomic mass is 9.71. The normalized spacial score (nSPS) is 43.5. The quantitative estimate of drug-likeness (QED) is 0.496. The highest BCUT2D eigenvalue weighted by atomic mass is 14.3. The van der Waals surface area contributed by atoms with E-state index in [1.807, 2.05) is 0 Å². The molecule has 0 nitrogen and oxygen atoms in total. The second-order valence-corrected chi connectivity index (χ2v) is 4.25. The summed E-state index contributed by atoms with van der Waals surface area (Å²) in [5.41, 5.74) is 0. The Morgan fingerprint density at radius 2 is 2.18 bits per heavy atom. The van der Waals surface area contributed by atoms with Gasteiger partial charge in [-0.05, 0) is 49.5 Å². The maximum atomic E-state index is 3.37. The zero-order valence-corrected chi connectivity index (χ0v) is 7.34. The zero-order chi connectivity index (χ0) is 7.68. The Hall–Kier alpha value is -0.260. The molecule has 11 heavy (non-hydrogen) atoms. The summed E-state index contributed by atoms with van der Waals surface area (Å²) < 4.78 is 0. The van der Waals surface area contributed by atoms with Gasteiger partial charge in [0.1, 0.15) is 0 Å². The second-order valence-electron chi connectivity index (χ2n) is 4.25. The minimum Gasteiger partial charge on any atom is -0.0777 e. The van der Waals surface area contributed by atoms with Gasteiger partial charge in [-0.2, -0.15) is 0 Å². The summed E-state index contributed by atoms with van der Waals surface area (Å²) in [6, 6.07) is 0. The highest BCUT2D eigenvalue weighted by molar-refractivity contribution is 4.95. The van der Waals surface area contributed by atoms with E-state index in [0.717, 1.165) is 17.8 Å². The Morgan fingerprint density at radius 1 is 1.27 bits per heavy atom. The van der Waals surface area contributed by atoms with Crippen molar-refractivity contribution in [3.8, 4) is 0 Å². The van der Waals surface area contributed by atoms with Crippen molar-refractivity contribution in [2.24, 2.45) is 17.8 Å². The van der Waals surface area contributed by atoms with Crippen molar-refractivity contribution in [1.82, 2.24) is 0 Å². The first-order valence-electron chi connectivity index (χ1n) is 4.93. The lowest BCUT2D eigenvalue weighted by molar-refractivity contribution is 0.205. The Morgan fingerprint density at radius 3 is 3.09 bits per heavy atom. The first-order valence-corrected chi connectivity index (χ1v) is 4.93. The van der Waals surface area contributed by atoms with Gasteiger partial charge in [0, 0.05) is 0 Å². The summed E-state index contributed by atoms with van der Waals surface area (Å²) in [5, 5.41) is 0. The summed E-state index contributed by atoms with van der Waals surface area (Å²) in [6.45, 7) is 2.40. The Bertz CT molecular complexity index is 157. The number of allylic oxidation sites excluding steroid dienone is 2. The molecular formula is C11H17. The van der Waals surface area contributed by atoms with E-state index in [2.05, 4.69) is 19.1 Å². The van der Waals surface area contributed by atoms with Crippen LogP contribution in [0.4, 0.5) is 0 Å². The molecule has 61 valence electrons. The van der Waals surface area contributed by atoms with Crippen LogP contribution in [-0.2, 0) is 0 Å². The SMILES string of the molecule is CC1CCC2C=[C]CCC2C1. The monoisotopic (exact) mass is 149 g/mol. The molecule has 0 bridgehead atoms. The molecular weight excluding hydrogens is 132 g/mol. The van der Waals surface area contributed by atoms with Gasteiger partial charge in [0.25, 0.3) is 0 Å². The van der Waals surface area contributed by atoms with E-state index < -0.39 is 0 Å². The summed E-state index contributed by atoms with van der Waals surface area (Å²) in [5.74, 6) is 2.91. The molecule has 0 amide bonds. The third-order valence-corrected chi connectivity index (χ3v) is 3.29. The van der Waals surface area contributed by atoms with E-state index in [-0.39, 0.29) is 0 Å². The highest BCUT2D eigenvalue weighted by Crippen LogP contribution is 2.39. The van der Waals surface area contributed by atoms with Crippen LogP contribution in [0.15, 0.2) is 6.08 Å². The van der Waals surface area contributed by atoms with Crippen LogP contribution >= 0.6 is 0 Å². The first kappa shape index (κ1) is 7.39. The largest absolute Gasteiger partial charge is 0.0777 e. The third-order valence-electron chi connectivity index (χ3n) is 3.29. The molecule has 0 N–H and O–H groups in total. The Labute approximate surface area is 69.7 Å². The van der Waals surface area contributed by atoms with Gasteiger partial charge in [-0.3, -0.25) is 0 Å². The maximum Gasteiger partial charge on any atom is -0.0199 e. The molecule has 1 fully saturated rings. The molecule has 0 aliphatic heterocycles. The number of fused-ring (bicyclic) bond motifs is 1. The first-order chi connectivity index (χ1) is 5.36. The predicted molar refractivity (Wildman–Crippen MR) is 47.0 cm³/mol. The molecule has 0 aromatic rings. The highest BCUT2D eigenvalue weighted by Gasteiger charge is 2.27. The molecule has 0 heterocycles. The smallest absolute Gasteiger partial charge is 0.0199 e. The van der Waals surface area contributed by atoms with Gasteiger partial charge in [-0.25, -0.2) is 0 Å². The van der Waals surface area contributed by atoms with Crippen LogP contribution in [0, 0.1) is 23.8 Å². The van der Waals surface area contributed by atoms with Crippen molar-refractivity contribution >= 4 is 0 Å². The Kier molecular flexibility index (Phi) is 2.02. The second kappa shape index (κ2) is 3.00. The van der Waals surface area contributed by atoms with Gasteiger partial charge < -0.3 is 0 Å². The van der Waals surface area contributed by atoms with E-state index in [1.165, 1.54) is 32.1 Å². The van der Waals surface area contributed by atoms with Gasteiger partial charge in [0.2, 0.25) is 0 Å². The minimum absolute atomic E-state index is 0.903. The summed E-state index contributed by atoms with van der Waals surface area (Å²) in [4.78, 5) is 0. The fraction of sp³-hybridized carbons (Fsp3) is 0.818. The molecule has 0 aromatic heterocycles. The third kappa shape index (κ3) is 1.50. The Balaban J connectivity index is 2.02. The molecule has 2 aliphatic carbocycles. The molecule has 0 saturated heterocycles. The van der Waals surface area contributed by atoms with Gasteiger partial charge >= 0.3 is 0 Å². The van der Waals surface area contributed by atoms with Crippen molar-refractivity contribution < 1.29 is 0 Å². The lowest BCUT2D eigenvalue weighted by Gasteiger charge is -2.35. The van der Waals surface area contributed by atoms with Gasteiger partial charge in [0.15, 0.2) is 0 Å². The maximum absolute atomic E-state index is 3.37. The van der Waals surface area contributed by atoms with Crippen LogP contribution in [0.5, 0.6) is 0 Å². The molecule has 0 aromatic carbocycles. The molecule has 2 rings (SSSR count). The average Bonchev–Trinajstić information content (AvgIpc) is 2.04. The van der Waals surface area contributed by atoms with Crippen LogP contribution in [0.2, 0.25) is 0 Å². The van der Waals surface area contributed by atoms with Crippen LogP contribution in [0.1, 0.15) is 39.0 Å². The van der Waals surface area contributed by atoms with Crippen LogP contribution in [-0.4, -0.2) is 0 Å². The summed E-state index contributed by atoms with van der Waals surface area (Å²) in [6.07, 6.45) is 12.7. The van der Waals surface area contributed by atoms with Gasteiger partial charge in [-0.1, -0.05) is 19.4 Å². The number of hydrogen-bond donors (Lipinski definition) is 0. The summed E-state index contributed by atoms with van der Waals surface area (Å²) >= 11 is 0. The van der Waals surface area contributed by atoms with E-state index in [0.29, 0.717) is 0 Å². The topological polar surface area (TPSA) is 0 Å². The van der Waals surface area contributed by atoms with Crippen molar-refractivity contribution in [3.63, 3.8) is 0 Å². The fourth-order valence-corrected chi connectivity index (χ4v) is 2.58. The molecule has 1 saturated carbocycles. The van der Waals surface area contributed by atoms with Crippen molar-refractivity contribution in [3.05, 3.63) is 12.2 Å². The van der Waals surface area contributed by atoms with Gasteiger partial charge in [0.05, 0.1) is 0 Å². The predicted octanol–water partition coefficient (Wildman–Crippen LogP) is 3.19. The van der Waals surface area contributed by atoms with Crippen molar-refractivity contribution in [2.75, 3.05) is 0 Å². The van der Waals surface area contributed by atoms with Crippen molar-refractivity contribution in [1.29, 1.82) is 0 Å². The van der Waals surface area contributed by atoms with E-state index in [9.17, 15) is 0 Å². The van der Waals surface area contributed by atoms with E-state index >= 15 is 0 Å². The van der Waals surface area contributed by atoms with E-state index in [1.54, 1.807) is 0 Å². The molecule has 3 atom stereocenters. The van der Waals surface area contributed by atoms with Crippen molar-refractivity contribution in [2.45, 2.75) is 39.0 Å². The lowest BCUT2D eigenvalue weighted by Crippen LogP contribution is -2.24. The molecule has 0 heteroatoms. The van der Waals surface area contributed by atoms with Crippen LogP contribution < -0.4 is 0 Å². The minimum atomic E-state index is 0.903. The van der Waals surface area contributed by atoms with Crippen LogP contribution in [0.25, 0.3) is 0 Å². The molecule has 3 unspecified atom stereocenters. The molecule has 1 radical (unpaired) electrons. The number of hydrogen-bond acceptors (Lipinski definition) is 0. The average molecular weight is 149 g/mol. The summed E-state index contributed by atoms with van der Waals surface area (Å²) in [7, 11) is 0. The standard InChI is InChI=1S/C11H17/c1-9-6-7-10-4-2-3-5-11(10)8-9/h4,9-11H,3,5-8H2,1H3. The van der Waals surface area contributed by atoms with Gasteiger partial charge in [-0.15, -0.1) is 0 Å².